The van der Waals surface area contributed by atoms with E-state index in [-0.39, 0.29) is 11.3 Å². The molecule has 1 heterocycles. The van der Waals surface area contributed by atoms with E-state index in [1.54, 1.807) is 19.1 Å². The van der Waals surface area contributed by atoms with Crippen LogP contribution in [0.5, 0.6) is 0 Å². The second-order valence-corrected chi connectivity index (χ2v) is 6.48. The SMILES string of the molecule is CCC(NS(=O)(=O)c1ccc(F)cc1)C(=O)Nc1ccncc1. The van der Waals surface area contributed by atoms with Crippen molar-refractivity contribution >= 4 is 21.6 Å². The summed E-state index contributed by atoms with van der Waals surface area (Å²) in [5.41, 5.74) is 0.518. The Balaban J connectivity index is 2.11. The maximum atomic E-state index is 12.9. The molecule has 1 aromatic carbocycles. The molecule has 8 heteroatoms. The standard InChI is InChI=1S/C15H16FN3O3S/c1-2-14(15(20)18-12-7-9-17-10-8-12)19-23(21,22)13-5-3-11(16)4-6-13/h3-10,14,19H,2H2,1H3,(H,17,18,20). The fraction of sp³-hybridized carbons (Fsp3) is 0.200. The van der Waals surface area contributed by atoms with Crippen LogP contribution in [0.3, 0.4) is 0 Å². The van der Waals surface area contributed by atoms with E-state index >= 15 is 0 Å². The van der Waals surface area contributed by atoms with Gasteiger partial charge in [0.1, 0.15) is 11.9 Å². The second kappa shape index (κ2) is 7.30. The van der Waals surface area contributed by atoms with Gasteiger partial charge in [-0.2, -0.15) is 4.72 Å². The van der Waals surface area contributed by atoms with Gasteiger partial charge in [-0.3, -0.25) is 9.78 Å². The zero-order chi connectivity index (χ0) is 16.9. The van der Waals surface area contributed by atoms with E-state index in [0.29, 0.717) is 5.69 Å². The van der Waals surface area contributed by atoms with E-state index in [2.05, 4.69) is 15.0 Å². The molecule has 0 radical (unpaired) electrons. The van der Waals surface area contributed by atoms with Gasteiger partial charge >= 0.3 is 0 Å². The van der Waals surface area contributed by atoms with Crippen molar-refractivity contribution < 1.29 is 17.6 Å². The Morgan fingerprint density at radius 3 is 2.35 bits per heavy atom. The minimum atomic E-state index is -3.92. The van der Waals surface area contributed by atoms with Crippen molar-refractivity contribution in [1.82, 2.24) is 9.71 Å². The highest BCUT2D eigenvalue weighted by Crippen LogP contribution is 2.12. The Morgan fingerprint density at radius 2 is 1.78 bits per heavy atom. The van der Waals surface area contributed by atoms with Crippen molar-refractivity contribution in [2.75, 3.05) is 5.32 Å². The fourth-order valence-electron chi connectivity index (χ4n) is 1.86. The van der Waals surface area contributed by atoms with Gasteiger partial charge in [0.15, 0.2) is 0 Å². The zero-order valence-electron chi connectivity index (χ0n) is 12.4. The Hall–Kier alpha value is -2.32. The number of amides is 1. The van der Waals surface area contributed by atoms with Crippen LogP contribution in [0.2, 0.25) is 0 Å². The normalized spacial score (nSPS) is 12.6. The molecule has 2 rings (SSSR count). The maximum absolute atomic E-state index is 12.9. The highest BCUT2D eigenvalue weighted by Gasteiger charge is 2.24. The van der Waals surface area contributed by atoms with Crippen LogP contribution in [0.1, 0.15) is 13.3 Å². The third-order valence-corrected chi connectivity index (χ3v) is 4.58. The van der Waals surface area contributed by atoms with E-state index in [1.165, 1.54) is 12.4 Å². The molecule has 1 aromatic heterocycles. The third kappa shape index (κ3) is 4.57. The first-order chi connectivity index (χ1) is 10.9. The first-order valence-corrected chi connectivity index (χ1v) is 8.39. The summed E-state index contributed by atoms with van der Waals surface area (Å²) in [6.07, 6.45) is 3.29. The van der Waals surface area contributed by atoms with Crippen LogP contribution < -0.4 is 10.0 Å². The number of pyridine rings is 1. The molecule has 1 amide bonds. The summed E-state index contributed by atoms with van der Waals surface area (Å²) in [5.74, 6) is -1.02. The van der Waals surface area contributed by atoms with Gasteiger partial charge in [0.25, 0.3) is 0 Å². The van der Waals surface area contributed by atoms with Crippen LogP contribution in [0.15, 0.2) is 53.7 Å². The van der Waals surface area contributed by atoms with Crippen molar-refractivity contribution in [3.05, 3.63) is 54.6 Å². The van der Waals surface area contributed by atoms with Crippen LogP contribution >= 0.6 is 0 Å². The average Bonchev–Trinajstić information content (AvgIpc) is 2.54. The molecule has 6 nitrogen and oxygen atoms in total. The Kier molecular flexibility index (Phi) is 5.41. The molecule has 0 aliphatic rings. The summed E-state index contributed by atoms with van der Waals surface area (Å²) in [7, 11) is -3.92. The van der Waals surface area contributed by atoms with E-state index in [4.69, 9.17) is 0 Å². The van der Waals surface area contributed by atoms with Gasteiger partial charge in [-0.15, -0.1) is 0 Å². The van der Waals surface area contributed by atoms with Gasteiger partial charge in [-0.1, -0.05) is 6.92 Å². The summed E-state index contributed by atoms with van der Waals surface area (Å²) >= 11 is 0. The number of hydrogen-bond donors (Lipinski definition) is 2. The van der Waals surface area contributed by atoms with Crippen LogP contribution in [0, 0.1) is 5.82 Å². The number of halogens is 1. The van der Waals surface area contributed by atoms with Crippen molar-refractivity contribution in [2.24, 2.45) is 0 Å². The van der Waals surface area contributed by atoms with Crippen LogP contribution in [-0.4, -0.2) is 25.4 Å². The lowest BCUT2D eigenvalue weighted by Crippen LogP contribution is -2.43. The van der Waals surface area contributed by atoms with Gasteiger partial charge in [-0.05, 0) is 42.8 Å². The molecule has 122 valence electrons. The minimum absolute atomic E-state index is 0.103. The number of hydrogen-bond acceptors (Lipinski definition) is 4. The molecule has 0 aliphatic heterocycles. The summed E-state index contributed by atoms with van der Waals surface area (Å²) in [6.45, 7) is 1.68. The second-order valence-electron chi connectivity index (χ2n) is 4.76. The first kappa shape index (κ1) is 17.0. The lowest BCUT2D eigenvalue weighted by molar-refractivity contribution is -0.117. The van der Waals surface area contributed by atoms with E-state index in [0.717, 1.165) is 24.3 Å². The predicted molar refractivity (Wildman–Crippen MR) is 83.7 cm³/mol. The number of sulfonamides is 1. The molecule has 0 spiro atoms. The molecule has 2 aromatic rings. The molecule has 1 atom stereocenters. The summed E-state index contributed by atoms with van der Waals surface area (Å²) in [6, 6.07) is 6.63. The van der Waals surface area contributed by atoms with Crippen LogP contribution in [0.4, 0.5) is 10.1 Å². The highest BCUT2D eigenvalue weighted by molar-refractivity contribution is 7.89. The van der Waals surface area contributed by atoms with E-state index in [9.17, 15) is 17.6 Å². The number of aromatic nitrogens is 1. The lowest BCUT2D eigenvalue weighted by atomic mass is 10.2. The van der Waals surface area contributed by atoms with Gasteiger partial charge < -0.3 is 5.32 Å². The molecule has 1 unspecified atom stereocenters. The zero-order valence-corrected chi connectivity index (χ0v) is 13.2. The third-order valence-electron chi connectivity index (χ3n) is 3.09. The Labute approximate surface area is 133 Å². The lowest BCUT2D eigenvalue weighted by Gasteiger charge is -2.17. The number of nitrogens with one attached hydrogen (secondary N) is 2. The number of benzene rings is 1. The average molecular weight is 337 g/mol. The first-order valence-electron chi connectivity index (χ1n) is 6.91. The highest BCUT2D eigenvalue weighted by atomic mass is 32.2. The van der Waals surface area contributed by atoms with Gasteiger partial charge in [-0.25, -0.2) is 12.8 Å². The topological polar surface area (TPSA) is 88.2 Å². The molecule has 2 N–H and O–H groups in total. The summed E-state index contributed by atoms with van der Waals surface area (Å²) in [4.78, 5) is 15.9. The molecule has 0 bridgehead atoms. The largest absolute Gasteiger partial charge is 0.325 e. The minimum Gasteiger partial charge on any atom is -0.325 e. The number of carbonyl (C=O) groups is 1. The molecule has 23 heavy (non-hydrogen) atoms. The maximum Gasteiger partial charge on any atom is 0.242 e. The number of rotatable bonds is 6. The smallest absolute Gasteiger partial charge is 0.242 e. The van der Waals surface area contributed by atoms with Crippen LogP contribution in [-0.2, 0) is 14.8 Å². The number of anilines is 1. The van der Waals surface area contributed by atoms with E-state index in [1.807, 2.05) is 0 Å². The summed E-state index contributed by atoms with van der Waals surface area (Å²) in [5, 5.41) is 2.61. The van der Waals surface area contributed by atoms with Gasteiger partial charge in [0.2, 0.25) is 15.9 Å². The van der Waals surface area contributed by atoms with Crippen molar-refractivity contribution in [3.63, 3.8) is 0 Å². The van der Waals surface area contributed by atoms with Gasteiger partial charge in [0.05, 0.1) is 4.90 Å². The molecule has 0 fully saturated rings. The predicted octanol–water partition coefficient (Wildman–Crippen LogP) is 1.92. The fourth-order valence-corrected chi connectivity index (χ4v) is 3.13. The monoisotopic (exact) mass is 337 g/mol. The number of nitrogens with zero attached hydrogens (tertiary/aromatic N) is 1. The van der Waals surface area contributed by atoms with Crippen molar-refractivity contribution in [2.45, 2.75) is 24.3 Å². The van der Waals surface area contributed by atoms with Gasteiger partial charge in [0, 0.05) is 18.1 Å². The molecular formula is C15H16FN3O3S. The molecule has 0 saturated heterocycles. The number of carbonyl (C=O) groups excluding carboxylic acids is 1. The molecular weight excluding hydrogens is 321 g/mol. The Bertz CT molecular complexity index is 764. The van der Waals surface area contributed by atoms with Crippen molar-refractivity contribution in [1.29, 1.82) is 0 Å². The quantitative estimate of drug-likeness (QED) is 0.843. The molecule has 0 aliphatic carbocycles. The molecule has 0 saturated carbocycles. The van der Waals surface area contributed by atoms with Crippen molar-refractivity contribution in [3.8, 4) is 0 Å². The van der Waals surface area contributed by atoms with E-state index < -0.39 is 27.8 Å². The van der Waals surface area contributed by atoms with Crippen LogP contribution in [0.25, 0.3) is 0 Å². The summed E-state index contributed by atoms with van der Waals surface area (Å²) < 4.78 is 39.7. The Morgan fingerprint density at radius 1 is 1.17 bits per heavy atom.